The van der Waals surface area contributed by atoms with E-state index in [1.165, 1.54) is 133 Å². The Morgan fingerprint density at radius 3 is 1.41 bits per heavy atom. The molecule has 426 valence electrons. The highest BCUT2D eigenvalue weighted by atomic mass is 32.1. The molecule has 2 aliphatic rings. The van der Waals surface area contributed by atoms with E-state index in [1.54, 1.807) is 0 Å². The van der Waals surface area contributed by atoms with E-state index < -0.39 is 5.41 Å². The molecule has 4 heterocycles. The summed E-state index contributed by atoms with van der Waals surface area (Å²) in [5, 5.41) is 7.60. The van der Waals surface area contributed by atoms with Crippen LogP contribution in [0, 0.1) is 0 Å². The van der Waals surface area contributed by atoms with E-state index in [9.17, 15) is 0 Å². The first kappa shape index (κ1) is 52.1. The standard InChI is InChI=1S/C85H53N3S3/c1-4-20-57(21-5-1)86(62-42-44-65-64-26-10-13-29-71(64)85(74(65)53-62)72-30-14-16-32-75(72)88(59-24-8-3-9-25-59)76-33-17-15-31-73(76)85)61-43-48-81-70(52-61)69-51-56(39-47-80(69)90-81)63-45-49-82-83(67-28-12-19-35-78(67)91-82)84(63)87(58-22-6-2-7-23-58)60-40-36-54(37-41-60)55-38-46-79-68(50-55)66-27-11-18-34-77(66)89-79/h1-53H. The lowest BCUT2D eigenvalue weighted by molar-refractivity contribution is 0.752. The third kappa shape index (κ3) is 7.97. The summed E-state index contributed by atoms with van der Waals surface area (Å²) in [7, 11) is 0. The van der Waals surface area contributed by atoms with E-state index in [4.69, 9.17) is 0 Å². The second kappa shape index (κ2) is 20.6. The first-order valence-electron chi connectivity index (χ1n) is 31.0. The molecule has 91 heavy (non-hydrogen) atoms. The predicted octanol–water partition coefficient (Wildman–Crippen LogP) is 25.2. The van der Waals surface area contributed by atoms with Gasteiger partial charge in [0.1, 0.15) is 0 Å². The van der Waals surface area contributed by atoms with Gasteiger partial charge in [-0.15, -0.1) is 34.0 Å². The number of para-hydroxylation sites is 5. The van der Waals surface area contributed by atoms with Gasteiger partial charge in [0.25, 0.3) is 0 Å². The van der Waals surface area contributed by atoms with E-state index in [1.807, 2.05) is 34.0 Å². The van der Waals surface area contributed by atoms with Crippen molar-refractivity contribution in [3.8, 4) is 33.4 Å². The zero-order chi connectivity index (χ0) is 59.7. The van der Waals surface area contributed by atoms with Crippen molar-refractivity contribution < 1.29 is 0 Å². The zero-order valence-corrected chi connectivity index (χ0v) is 51.6. The summed E-state index contributed by atoms with van der Waals surface area (Å²) in [6.45, 7) is 0. The lowest BCUT2D eigenvalue weighted by atomic mass is 9.64. The fourth-order valence-corrected chi connectivity index (χ4v) is 18.4. The molecule has 0 unspecified atom stereocenters. The fourth-order valence-electron chi connectivity index (χ4n) is 15.1. The van der Waals surface area contributed by atoms with Crippen LogP contribution in [0.5, 0.6) is 0 Å². The third-order valence-electron chi connectivity index (χ3n) is 19.0. The molecule has 0 saturated carbocycles. The molecule has 0 saturated heterocycles. The summed E-state index contributed by atoms with van der Waals surface area (Å²) >= 11 is 5.60. The second-order valence-corrected chi connectivity index (χ2v) is 27.1. The van der Waals surface area contributed by atoms with Crippen LogP contribution in [-0.2, 0) is 5.41 Å². The summed E-state index contributed by atoms with van der Waals surface area (Å²) in [5.41, 5.74) is 22.0. The maximum Gasteiger partial charge on any atom is 0.0755 e. The minimum absolute atomic E-state index is 0.598. The van der Waals surface area contributed by atoms with E-state index in [-0.39, 0.29) is 0 Å². The molecule has 19 rings (SSSR count). The van der Waals surface area contributed by atoms with Crippen LogP contribution in [0.25, 0.3) is 93.9 Å². The lowest BCUT2D eigenvalue weighted by Gasteiger charge is -2.45. The van der Waals surface area contributed by atoms with Gasteiger partial charge >= 0.3 is 0 Å². The molecular weight excluding hydrogens is 1160 g/mol. The normalized spacial score (nSPS) is 12.9. The minimum atomic E-state index is -0.598. The van der Waals surface area contributed by atoms with Crippen molar-refractivity contribution in [1.82, 2.24) is 0 Å². The van der Waals surface area contributed by atoms with Crippen molar-refractivity contribution in [2.45, 2.75) is 5.41 Å². The molecule has 3 aromatic heterocycles. The number of hydrogen-bond donors (Lipinski definition) is 0. The smallest absolute Gasteiger partial charge is 0.0755 e. The molecule has 14 aromatic carbocycles. The average Bonchev–Trinajstić information content (AvgIpc) is 1.59. The largest absolute Gasteiger partial charge is 0.310 e. The van der Waals surface area contributed by atoms with E-state index in [2.05, 4.69) is 336 Å². The Labute approximate surface area is 539 Å². The summed E-state index contributed by atoms with van der Waals surface area (Å²) in [6, 6.07) is 120. The number of nitrogens with zero attached hydrogens (tertiary/aromatic N) is 3. The van der Waals surface area contributed by atoms with Crippen LogP contribution in [0.2, 0.25) is 0 Å². The molecule has 0 bridgehead atoms. The monoisotopic (exact) mass is 1210 g/mol. The maximum atomic E-state index is 2.51. The van der Waals surface area contributed by atoms with Crippen molar-refractivity contribution in [2.24, 2.45) is 0 Å². The molecule has 0 amide bonds. The van der Waals surface area contributed by atoms with Gasteiger partial charge in [-0.05, 0) is 184 Å². The second-order valence-electron chi connectivity index (χ2n) is 23.9. The Morgan fingerprint density at radius 1 is 0.253 bits per heavy atom. The molecule has 0 atom stereocenters. The van der Waals surface area contributed by atoms with Gasteiger partial charge < -0.3 is 14.7 Å². The number of fused-ring (bicyclic) bond motifs is 18. The highest BCUT2D eigenvalue weighted by Gasteiger charge is 2.52. The number of thiophene rings is 3. The van der Waals surface area contributed by atoms with Crippen LogP contribution in [-0.4, -0.2) is 0 Å². The molecule has 0 radical (unpaired) electrons. The van der Waals surface area contributed by atoms with Gasteiger partial charge in [-0.25, -0.2) is 0 Å². The van der Waals surface area contributed by atoms with Gasteiger partial charge in [-0.2, -0.15) is 0 Å². The fraction of sp³-hybridized carbons (Fsp3) is 0.0118. The molecule has 0 fully saturated rings. The molecule has 0 N–H and O–H groups in total. The third-order valence-corrected chi connectivity index (χ3v) is 22.5. The van der Waals surface area contributed by atoms with Gasteiger partial charge in [0.05, 0.1) is 22.5 Å². The molecule has 6 heteroatoms. The number of rotatable bonds is 9. The minimum Gasteiger partial charge on any atom is -0.310 e. The van der Waals surface area contributed by atoms with Crippen molar-refractivity contribution in [3.63, 3.8) is 0 Å². The summed E-state index contributed by atoms with van der Waals surface area (Å²) in [4.78, 5) is 7.43. The molecule has 1 aliphatic carbocycles. The Balaban J connectivity index is 0.776. The van der Waals surface area contributed by atoms with Crippen LogP contribution in [0.3, 0.4) is 0 Å². The number of hydrogen-bond acceptors (Lipinski definition) is 6. The Kier molecular flexibility index (Phi) is 11.8. The van der Waals surface area contributed by atoms with Crippen molar-refractivity contribution in [3.05, 3.63) is 344 Å². The predicted molar refractivity (Wildman–Crippen MR) is 391 cm³/mol. The van der Waals surface area contributed by atoms with Gasteiger partial charge in [-0.3, -0.25) is 0 Å². The lowest BCUT2D eigenvalue weighted by Crippen LogP contribution is -2.36. The van der Waals surface area contributed by atoms with E-state index in [0.717, 1.165) is 34.1 Å². The number of anilines is 9. The first-order valence-corrected chi connectivity index (χ1v) is 33.5. The molecular formula is C85H53N3S3. The Hall–Kier alpha value is -10.9. The Bertz CT molecular complexity index is 5700. The summed E-state index contributed by atoms with van der Waals surface area (Å²) in [6.07, 6.45) is 0. The van der Waals surface area contributed by atoms with Crippen LogP contribution in [0.1, 0.15) is 22.3 Å². The highest BCUT2D eigenvalue weighted by molar-refractivity contribution is 7.26. The maximum absolute atomic E-state index is 2.51. The summed E-state index contributed by atoms with van der Waals surface area (Å²) in [5.74, 6) is 0. The first-order chi connectivity index (χ1) is 45.1. The Morgan fingerprint density at radius 2 is 0.692 bits per heavy atom. The average molecular weight is 1210 g/mol. The van der Waals surface area contributed by atoms with Gasteiger partial charge in [0, 0.05) is 100 Å². The van der Waals surface area contributed by atoms with Gasteiger partial charge in [0.2, 0.25) is 0 Å². The topological polar surface area (TPSA) is 9.72 Å². The van der Waals surface area contributed by atoms with Crippen LogP contribution in [0.15, 0.2) is 322 Å². The van der Waals surface area contributed by atoms with Crippen LogP contribution < -0.4 is 14.7 Å². The van der Waals surface area contributed by atoms with Crippen LogP contribution in [0.4, 0.5) is 51.2 Å². The van der Waals surface area contributed by atoms with Gasteiger partial charge in [-0.1, -0.05) is 188 Å². The van der Waals surface area contributed by atoms with E-state index in [0.29, 0.717) is 0 Å². The van der Waals surface area contributed by atoms with Crippen molar-refractivity contribution in [2.75, 3.05) is 14.7 Å². The van der Waals surface area contributed by atoms with Gasteiger partial charge in [0.15, 0.2) is 0 Å². The molecule has 17 aromatic rings. The van der Waals surface area contributed by atoms with Crippen LogP contribution >= 0.6 is 34.0 Å². The number of benzene rings is 14. The van der Waals surface area contributed by atoms with Crippen molar-refractivity contribution in [1.29, 1.82) is 0 Å². The molecule has 1 spiro atoms. The molecule has 3 nitrogen and oxygen atoms in total. The molecule has 1 aliphatic heterocycles. The van der Waals surface area contributed by atoms with E-state index >= 15 is 0 Å². The quantitative estimate of drug-likeness (QED) is 0.143. The summed E-state index contributed by atoms with van der Waals surface area (Å²) < 4.78 is 7.68. The highest BCUT2D eigenvalue weighted by Crippen LogP contribution is 2.64. The zero-order valence-electron chi connectivity index (χ0n) is 49.2. The van der Waals surface area contributed by atoms with Crippen molar-refractivity contribution >= 4 is 146 Å². The SMILES string of the molecule is c1ccc(N(c2ccc3c(c2)C2(c4ccccc4-3)c3ccccc3N(c3ccccc3)c3ccccc32)c2ccc3sc4ccc(-c5ccc6sc7ccccc7c6c5N(c5ccccc5)c5ccc(-c6ccc7sc8ccccc8c7c6)cc5)cc4c3c2)cc1.